The highest BCUT2D eigenvalue weighted by atomic mass is 31.2. The number of phosphoric acid groups is 2. The summed E-state index contributed by atoms with van der Waals surface area (Å²) in [5.74, 6) is -0.611. The van der Waals surface area contributed by atoms with Crippen LogP contribution in [0.1, 0.15) is 375 Å². The number of aliphatic hydroxyl groups excluding tert-OH is 1. The number of aliphatic hydroxyl groups is 1. The van der Waals surface area contributed by atoms with E-state index in [2.05, 4.69) is 41.5 Å². The molecule has 0 rings (SSSR count). The van der Waals surface area contributed by atoms with Gasteiger partial charge in [0.05, 0.1) is 26.4 Å². The van der Waals surface area contributed by atoms with Gasteiger partial charge < -0.3 is 33.8 Å². The van der Waals surface area contributed by atoms with Gasteiger partial charge in [-0.15, -0.1) is 0 Å². The third kappa shape index (κ3) is 66.7. The Hall–Kier alpha value is -1.94. The third-order valence-corrected chi connectivity index (χ3v) is 18.9. The SMILES string of the molecule is CCCCCCCCCCCCCCCC(=O)OC[C@H](COP(=O)(O)OC[C@@H](O)COP(=O)(O)OC[C@@H](COC(=O)CCCCCCCCCC(C)C)OC(=O)CCCCCCCCCCCCC)OC(=O)CCCCCCCCCCCCCCCCCC(C)C. The first-order chi connectivity index (χ1) is 44.4. The van der Waals surface area contributed by atoms with Crippen LogP contribution in [0.3, 0.4) is 0 Å². The van der Waals surface area contributed by atoms with E-state index in [1.165, 1.54) is 186 Å². The van der Waals surface area contributed by atoms with Crippen LogP contribution in [0, 0.1) is 11.8 Å². The van der Waals surface area contributed by atoms with Crippen LogP contribution in [0.4, 0.5) is 0 Å². The summed E-state index contributed by atoms with van der Waals surface area (Å²) in [6.07, 6.45) is 51.3. The molecular weight excluding hydrogens is 1210 g/mol. The van der Waals surface area contributed by atoms with Crippen LogP contribution >= 0.6 is 15.6 Å². The highest BCUT2D eigenvalue weighted by Gasteiger charge is 2.30. The van der Waals surface area contributed by atoms with Crippen LogP contribution in [0.15, 0.2) is 0 Å². The van der Waals surface area contributed by atoms with Crippen LogP contribution in [-0.4, -0.2) is 96.7 Å². The van der Waals surface area contributed by atoms with Crippen LogP contribution < -0.4 is 0 Å². The molecule has 0 aliphatic heterocycles. The molecule has 17 nitrogen and oxygen atoms in total. The minimum Gasteiger partial charge on any atom is -0.462 e. The number of phosphoric ester groups is 2. The van der Waals surface area contributed by atoms with Crippen molar-refractivity contribution in [3.8, 4) is 0 Å². The van der Waals surface area contributed by atoms with Crippen molar-refractivity contribution in [2.75, 3.05) is 39.6 Å². The second-order valence-corrected chi connectivity index (χ2v) is 30.2. The van der Waals surface area contributed by atoms with Gasteiger partial charge in [0.15, 0.2) is 12.2 Å². The molecule has 19 heteroatoms. The summed E-state index contributed by atoms with van der Waals surface area (Å²) in [5, 5.41) is 10.6. The van der Waals surface area contributed by atoms with E-state index in [-0.39, 0.29) is 25.7 Å². The third-order valence-electron chi connectivity index (χ3n) is 17.0. The fourth-order valence-corrected chi connectivity index (χ4v) is 12.7. The zero-order valence-corrected chi connectivity index (χ0v) is 61.6. The Balaban J connectivity index is 5.23. The highest BCUT2D eigenvalue weighted by molar-refractivity contribution is 7.47. The van der Waals surface area contributed by atoms with Crippen molar-refractivity contribution in [1.82, 2.24) is 0 Å². The monoisotopic (exact) mass is 1350 g/mol. The van der Waals surface area contributed by atoms with E-state index in [0.717, 1.165) is 102 Å². The van der Waals surface area contributed by atoms with Crippen molar-refractivity contribution < 1.29 is 80.2 Å². The quantitative estimate of drug-likeness (QED) is 0.0222. The molecule has 546 valence electrons. The Kier molecular flexibility index (Phi) is 63.7. The lowest BCUT2D eigenvalue weighted by molar-refractivity contribution is -0.161. The average molecular weight is 1350 g/mol. The molecule has 0 saturated carbocycles. The van der Waals surface area contributed by atoms with Crippen molar-refractivity contribution in [1.29, 1.82) is 0 Å². The molecule has 0 aliphatic carbocycles. The van der Waals surface area contributed by atoms with E-state index in [1.54, 1.807) is 0 Å². The van der Waals surface area contributed by atoms with Crippen molar-refractivity contribution in [2.45, 2.75) is 394 Å². The topological polar surface area (TPSA) is 237 Å². The lowest BCUT2D eigenvalue weighted by Crippen LogP contribution is -2.30. The number of unbranched alkanes of at least 4 members (excludes halogenated alkanes) is 42. The predicted molar refractivity (Wildman–Crippen MR) is 372 cm³/mol. The minimum absolute atomic E-state index is 0.106. The van der Waals surface area contributed by atoms with Gasteiger partial charge in [0.2, 0.25) is 0 Å². The van der Waals surface area contributed by atoms with E-state index in [1.807, 2.05) is 0 Å². The van der Waals surface area contributed by atoms with E-state index in [4.69, 9.17) is 37.0 Å². The number of carbonyl (C=O) groups is 4. The van der Waals surface area contributed by atoms with Gasteiger partial charge in [0.1, 0.15) is 19.3 Å². The van der Waals surface area contributed by atoms with Crippen LogP contribution in [0.5, 0.6) is 0 Å². The maximum absolute atomic E-state index is 13.1. The normalized spacial score (nSPS) is 14.1. The highest BCUT2D eigenvalue weighted by Crippen LogP contribution is 2.45. The lowest BCUT2D eigenvalue weighted by atomic mass is 10.0. The molecule has 2 unspecified atom stereocenters. The molecule has 92 heavy (non-hydrogen) atoms. The first-order valence-electron chi connectivity index (χ1n) is 38.0. The molecule has 0 radical (unpaired) electrons. The summed E-state index contributed by atoms with van der Waals surface area (Å²) in [6, 6.07) is 0. The van der Waals surface area contributed by atoms with E-state index >= 15 is 0 Å². The number of ether oxygens (including phenoxy) is 4. The summed E-state index contributed by atoms with van der Waals surface area (Å²) in [5.41, 5.74) is 0. The zero-order chi connectivity index (χ0) is 67.9. The number of hydrogen-bond acceptors (Lipinski definition) is 15. The van der Waals surface area contributed by atoms with Gasteiger partial charge in [0, 0.05) is 25.7 Å². The summed E-state index contributed by atoms with van der Waals surface area (Å²) in [7, 11) is -9.90. The molecule has 3 N–H and O–H groups in total. The number of rotatable bonds is 72. The zero-order valence-electron chi connectivity index (χ0n) is 59.9. The average Bonchev–Trinajstić information content (AvgIpc) is 2.05. The Morgan fingerprint density at radius 1 is 0.293 bits per heavy atom. The molecule has 0 spiro atoms. The lowest BCUT2D eigenvalue weighted by Gasteiger charge is -2.21. The predicted octanol–water partition coefficient (Wildman–Crippen LogP) is 21.2. The van der Waals surface area contributed by atoms with Crippen molar-refractivity contribution >= 4 is 39.5 Å². The molecular formula is C73H142O17P2. The van der Waals surface area contributed by atoms with Gasteiger partial charge >= 0.3 is 39.5 Å². The van der Waals surface area contributed by atoms with Crippen LogP contribution in [0.2, 0.25) is 0 Å². The second kappa shape index (κ2) is 65.0. The Bertz CT molecular complexity index is 1790. The molecule has 0 bridgehead atoms. The first kappa shape index (κ1) is 90.1. The fraction of sp³-hybridized carbons (Fsp3) is 0.945. The molecule has 0 aliphatic rings. The maximum atomic E-state index is 13.1. The number of hydrogen-bond donors (Lipinski definition) is 3. The minimum atomic E-state index is -4.95. The van der Waals surface area contributed by atoms with Crippen LogP contribution in [0.25, 0.3) is 0 Å². The van der Waals surface area contributed by atoms with Crippen molar-refractivity contribution in [2.24, 2.45) is 11.8 Å². The summed E-state index contributed by atoms with van der Waals surface area (Å²) in [6.45, 7) is 9.54. The fourth-order valence-electron chi connectivity index (χ4n) is 11.1. The Morgan fingerprint density at radius 3 is 0.739 bits per heavy atom. The molecule has 0 fully saturated rings. The molecule has 0 saturated heterocycles. The number of esters is 4. The van der Waals surface area contributed by atoms with E-state index < -0.39 is 97.5 Å². The first-order valence-corrected chi connectivity index (χ1v) is 41.0. The molecule has 5 atom stereocenters. The summed E-state index contributed by atoms with van der Waals surface area (Å²) < 4.78 is 68.4. The molecule has 0 aromatic carbocycles. The Labute approximate surface area is 562 Å². The standard InChI is InChI=1S/C73H142O17P2/c1-7-9-11-13-15-17-19-23-28-31-37-43-49-55-70(75)83-61-68(89-73(78)58-52-46-39-33-29-25-22-20-21-24-27-30-35-41-47-53-65(3)4)63-87-91(79,80)85-59-67(74)60-86-92(81,82)88-64-69(62-84-71(76)56-50-44-40-34-36-42-48-54-66(5)6)90-72(77)57-51-45-38-32-26-18-16-14-12-10-8-2/h65-69,74H,7-64H2,1-6H3,(H,79,80)(H,81,82)/t67-,68-,69-/m1/s1. The van der Waals surface area contributed by atoms with E-state index in [9.17, 15) is 43.2 Å². The van der Waals surface area contributed by atoms with Gasteiger partial charge in [-0.2, -0.15) is 0 Å². The van der Waals surface area contributed by atoms with Crippen molar-refractivity contribution in [3.05, 3.63) is 0 Å². The molecule has 0 amide bonds. The summed E-state index contributed by atoms with van der Waals surface area (Å²) >= 11 is 0. The van der Waals surface area contributed by atoms with Gasteiger partial charge in [-0.05, 0) is 37.5 Å². The Morgan fingerprint density at radius 2 is 0.500 bits per heavy atom. The number of carbonyl (C=O) groups excluding carboxylic acids is 4. The van der Waals surface area contributed by atoms with Gasteiger partial charge in [-0.3, -0.25) is 37.3 Å². The van der Waals surface area contributed by atoms with Gasteiger partial charge in [0.25, 0.3) is 0 Å². The molecule has 0 aromatic heterocycles. The van der Waals surface area contributed by atoms with Crippen LogP contribution in [-0.2, 0) is 65.4 Å². The summed E-state index contributed by atoms with van der Waals surface area (Å²) in [4.78, 5) is 72.6. The molecule has 0 aromatic rings. The van der Waals surface area contributed by atoms with Crippen molar-refractivity contribution in [3.63, 3.8) is 0 Å². The van der Waals surface area contributed by atoms with E-state index in [0.29, 0.717) is 31.6 Å². The largest absolute Gasteiger partial charge is 0.472 e. The smallest absolute Gasteiger partial charge is 0.462 e. The van der Waals surface area contributed by atoms with Gasteiger partial charge in [-0.25, -0.2) is 9.13 Å². The second-order valence-electron chi connectivity index (χ2n) is 27.3. The maximum Gasteiger partial charge on any atom is 0.472 e. The molecule has 0 heterocycles. The van der Waals surface area contributed by atoms with Gasteiger partial charge in [-0.1, -0.05) is 324 Å².